The monoisotopic (exact) mass is 207 g/mol. The zero-order valence-electron chi connectivity index (χ0n) is 9.19. The average Bonchev–Trinajstić information content (AvgIpc) is 2.25. The van der Waals surface area contributed by atoms with E-state index in [1.165, 1.54) is 0 Å². The van der Waals surface area contributed by atoms with Gasteiger partial charge in [-0.3, -0.25) is 0 Å². The third-order valence-corrected chi connectivity index (χ3v) is 2.31. The topological polar surface area (TPSA) is 52.3 Å². The summed E-state index contributed by atoms with van der Waals surface area (Å²) in [5.41, 5.74) is 6.68. The summed E-state index contributed by atoms with van der Waals surface area (Å²) in [7, 11) is 0. The van der Waals surface area contributed by atoms with Gasteiger partial charge < -0.3 is 10.5 Å². The van der Waals surface area contributed by atoms with Gasteiger partial charge in [0.2, 0.25) is 0 Å². The molecule has 1 rings (SSSR count). The maximum atomic E-state index is 11.6. The van der Waals surface area contributed by atoms with E-state index in [9.17, 15) is 4.79 Å². The van der Waals surface area contributed by atoms with Crippen molar-refractivity contribution in [1.29, 1.82) is 0 Å². The summed E-state index contributed by atoms with van der Waals surface area (Å²) in [5.74, 6) is -0.295. The minimum atomic E-state index is -0.295. The number of hydrogen-bond donors (Lipinski definition) is 1. The van der Waals surface area contributed by atoms with Gasteiger partial charge in [0.1, 0.15) is 6.10 Å². The number of nitrogen functional groups attached to an aromatic ring is 1. The molecule has 0 heterocycles. The van der Waals surface area contributed by atoms with E-state index < -0.39 is 0 Å². The van der Waals surface area contributed by atoms with Gasteiger partial charge in [-0.2, -0.15) is 0 Å². The van der Waals surface area contributed by atoms with Crippen LogP contribution in [-0.4, -0.2) is 12.1 Å². The minimum absolute atomic E-state index is 0.000990. The number of benzene rings is 1. The summed E-state index contributed by atoms with van der Waals surface area (Å²) in [6.07, 6.45) is 1.67. The molecule has 0 radical (unpaired) electrons. The summed E-state index contributed by atoms with van der Waals surface area (Å²) in [4.78, 5) is 11.6. The first-order valence-electron chi connectivity index (χ1n) is 5.23. The van der Waals surface area contributed by atoms with E-state index in [0.29, 0.717) is 11.3 Å². The highest BCUT2D eigenvalue weighted by atomic mass is 16.5. The van der Waals surface area contributed by atoms with Crippen LogP contribution in [0.1, 0.15) is 37.0 Å². The molecule has 3 heteroatoms. The fourth-order valence-corrected chi connectivity index (χ4v) is 1.34. The Morgan fingerprint density at radius 2 is 2.07 bits per heavy atom. The Morgan fingerprint density at radius 3 is 2.60 bits per heavy atom. The van der Waals surface area contributed by atoms with E-state index in [-0.39, 0.29) is 12.1 Å². The second-order valence-electron chi connectivity index (χ2n) is 3.47. The third kappa shape index (κ3) is 3.27. The molecule has 0 spiro atoms. The second kappa shape index (κ2) is 5.39. The summed E-state index contributed by atoms with van der Waals surface area (Å²) in [6.45, 7) is 4.00. The molecule has 0 aliphatic rings. The molecular weight excluding hydrogens is 190 g/mol. The Morgan fingerprint density at radius 1 is 1.40 bits per heavy atom. The third-order valence-electron chi connectivity index (χ3n) is 2.31. The van der Waals surface area contributed by atoms with Crippen molar-refractivity contribution < 1.29 is 9.53 Å². The predicted octanol–water partition coefficient (Wildman–Crippen LogP) is 2.61. The van der Waals surface area contributed by atoms with Gasteiger partial charge in [0.05, 0.1) is 5.56 Å². The Balaban J connectivity index is 2.68. The van der Waals surface area contributed by atoms with Crippen LogP contribution in [0.2, 0.25) is 0 Å². The Labute approximate surface area is 90.2 Å². The van der Waals surface area contributed by atoms with Crippen LogP contribution in [0.3, 0.4) is 0 Å². The first-order valence-corrected chi connectivity index (χ1v) is 5.23. The SMILES string of the molecule is CCC(CC)OC(=O)c1cccc(N)c1. The molecule has 15 heavy (non-hydrogen) atoms. The lowest BCUT2D eigenvalue weighted by Crippen LogP contribution is -2.16. The van der Waals surface area contributed by atoms with Crippen molar-refractivity contribution in [3.05, 3.63) is 29.8 Å². The molecule has 0 saturated carbocycles. The molecule has 0 fully saturated rings. The Bertz CT molecular complexity index is 332. The van der Waals surface area contributed by atoms with Crippen molar-refractivity contribution >= 4 is 11.7 Å². The van der Waals surface area contributed by atoms with Crippen LogP contribution in [0.25, 0.3) is 0 Å². The fourth-order valence-electron chi connectivity index (χ4n) is 1.34. The van der Waals surface area contributed by atoms with Gasteiger partial charge in [-0.25, -0.2) is 4.79 Å². The lowest BCUT2D eigenvalue weighted by Gasteiger charge is -2.13. The smallest absolute Gasteiger partial charge is 0.338 e. The van der Waals surface area contributed by atoms with Crippen LogP contribution in [0.4, 0.5) is 5.69 Å². The summed E-state index contributed by atoms with van der Waals surface area (Å²) >= 11 is 0. The molecule has 1 aromatic carbocycles. The minimum Gasteiger partial charge on any atom is -0.459 e. The van der Waals surface area contributed by atoms with Crippen LogP contribution in [0.15, 0.2) is 24.3 Å². The number of carbonyl (C=O) groups is 1. The van der Waals surface area contributed by atoms with Gasteiger partial charge in [0.15, 0.2) is 0 Å². The molecule has 0 bridgehead atoms. The molecule has 1 aromatic rings. The van der Waals surface area contributed by atoms with E-state index in [1.54, 1.807) is 24.3 Å². The first-order chi connectivity index (χ1) is 7.17. The van der Waals surface area contributed by atoms with E-state index in [4.69, 9.17) is 10.5 Å². The quantitative estimate of drug-likeness (QED) is 0.610. The largest absolute Gasteiger partial charge is 0.459 e. The maximum absolute atomic E-state index is 11.6. The lowest BCUT2D eigenvalue weighted by molar-refractivity contribution is 0.0284. The van der Waals surface area contributed by atoms with E-state index in [0.717, 1.165) is 12.8 Å². The Hall–Kier alpha value is -1.51. The van der Waals surface area contributed by atoms with Crippen LogP contribution >= 0.6 is 0 Å². The summed E-state index contributed by atoms with van der Waals surface area (Å²) in [5, 5.41) is 0. The molecular formula is C12H17NO2. The number of nitrogens with two attached hydrogens (primary N) is 1. The highest BCUT2D eigenvalue weighted by Crippen LogP contribution is 2.11. The zero-order chi connectivity index (χ0) is 11.3. The standard InChI is InChI=1S/C12H17NO2/c1-3-11(4-2)15-12(14)9-6-5-7-10(13)8-9/h5-8,11H,3-4,13H2,1-2H3. The molecule has 0 saturated heterocycles. The van der Waals surface area contributed by atoms with Gasteiger partial charge in [-0.1, -0.05) is 19.9 Å². The van der Waals surface area contributed by atoms with E-state index in [2.05, 4.69) is 0 Å². The molecule has 0 unspecified atom stereocenters. The number of rotatable bonds is 4. The van der Waals surface area contributed by atoms with Crippen LogP contribution < -0.4 is 5.73 Å². The van der Waals surface area contributed by atoms with Gasteiger partial charge in [-0.05, 0) is 31.0 Å². The van der Waals surface area contributed by atoms with Gasteiger partial charge in [0, 0.05) is 5.69 Å². The number of ether oxygens (including phenoxy) is 1. The molecule has 0 atom stereocenters. The van der Waals surface area contributed by atoms with Crippen molar-refractivity contribution in [3.8, 4) is 0 Å². The first kappa shape index (κ1) is 11.6. The molecule has 82 valence electrons. The second-order valence-corrected chi connectivity index (χ2v) is 3.47. The number of carbonyl (C=O) groups excluding carboxylic acids is 1. The zero-order valence-corrected chi connectivity index (χ0v) is 9.19. The van der Waals surface area contributed by atoms with E-state index >= 15 is 0 Å². The van der Waals surface area contributed by atoms with E-state index in [1.807, 2.05) is 13.8 Å². The number of esters is 1. The normalized spacial score (nSPS) is 10.3. The summed E-state index contributed by atoms with van der Waals surface area (Å²) < 4.78 is 5.30. The fraction of sp³-hybridized carbons (Fsp3) is 0.417. The van der Waals surface area contributed by atoms with Gasteiger partial charge >= 0.3 is 5.97 Å². The molecule has 0 aliphatic carbocycles. The Kier molecular flexibility index (Phi) is 4.16. The average molecular weight is 207 g/mol. The van der Waals surface area contributed by atoms with Crippen LogP contribution in [0.5, 0.6) is 0 Å². The maximum Gasteiger partial charge on any atom is 0.338 e. The van der Waals surface area contributed by atoms with Crippen molar-refractivity contribution in [3.63, 3.8) is 0 Å². The highest BCUT2D eigenvalue weighted by Gasteiger charge is 2.12. The van der Waals surface area contributed by atoms with Crippen molar-refractivity contribution in [2.45, 2.75) is 32.8 Å². The van der Waals surface area contributed by atoms with Crippen molar-refractivity contribution in [2.24, 2.45) is 0 Å². The van der Waals surface area contributed by atoms with Crippen molar-refractivity contribution in [1.82, 2.24) is 0 Å². The molecule has 2 N–H and O–H groups in total. The highest BCUT2D eigenvalue weighted by molar-refractivity contribution is 5.90. The molecule has 0 aliphatic heterocycles. The molecule has 3 nitrogen and oxygen atoms in total. The van der Waals surface area contributed by atoms with Crippen LogP contribution in [-0.2, 0) is 4.74 Å². The number of hydrogen-bond acceptors (Lipinski definition) is 3. The molecule has 0 amide bonds. The van der Waals surface area contributed by atoms with Gasteiger partial charge in [-0.15, -0.1) is 0 Å². The van der Waals surface area contributed by atoms with Gasteiger partial charge in [0.25, 0.3) is 0 Å². The summed E-state index contributed by atoms with van der Waals surface area (Å²) in [6, 6.07) is 6.83. The predicted molar refractivity (Wildman–Crippen MR) is 60.6 cm³/mol. The van der Waals surface area contributed by atoms with Crippen molar-refractivity contribution in [2.75, 3.05) is 5.73 Å². The molecule has 0 aromatic heterocycles. The van der Waals surface area contributed by atoms with Crippen LogP contribution in [0, 0.1) is 0 Å². The number of anilines is 1. The lowest BCUT2D eigenvalue weighted by atomic mass is 10.2.